The maximum atomic E-state index is 13.0. The summed E-state index contributed by atoms with van der Waals surface area (Å²) in [4.78, 5) is 54.6. The normalized spacial score (nSPS) is 19.8. The Morgan fingerprint density at radius 2 is 2.09 bits per heavy atom. The first-order valence-corrected chi connectivity index (χ1v) is 9.54. The molecule has 2 aliphatic heterocycles. The molecule has 3 N–H and O–H groups in total. The highest BCUT2D eigenvalue weighted by atomic mass is 16.5. The molecule has 0 bridgehead atoms. The largest absolute Gasteiger partial charge is 0.497 e. The van der Waals surface area contributed by atoms with Crippen LogP contribution in [0.3, 0.4) is 0 Å². The molecule has 1 fully saturated rings. The molecule has 11 nitrogen and oxygen atoms in total. The molecule has 0 spiro atoms. The summed E-state index contributed by atoms with van der Waals surface area (Å²) in [6.45, 7) is 0.0245. The number of fused-ring (bicyclic) bond motifs is 2. The van der Waals surface area contributed by atoms with Gasteiger partial charge >= 0.3 is 12.0 Å². The summed E-state index contributed by atoms with van der Waals surface area (Å²) < 4.78 is 10.9. The number of furan rings is 1. The van der Waals surface area contributed by atoms with E-state index in [1.54, 1.807) is 18.2 Å². The fourth-order valence-electron chi connectivity index (χ4n) is 4.00. The molecule has 4 heterocycles. The van der Waals surface area contributed by atoms with Gasteiger partial charge in [0.05, 0.1) is 19.2 Å². The lowest BCUT2D eigenvalue weighted by atomic mass is 9.95. The minimum Gasteiger partial charge on any atom is -0.497 e. The molecule has 2 aliphatic rings. The van der Waals surface area contributed by atoms with Crippen LogP contribution >= 0.6 is 0 Å². The van der Waals surface area contributed by atoms with Crippen LogP contribution in [0.5, 0.6) is 5.75 Å². The van der Waals surface area contributed by atoms with E-state index in [9.17, 15) is 24.3 Å². The average Bonchev–Trinajstić information content (AvgIpc) is 3.41. The van der Waals surface area contributed by atoms with E-state index in [0.29, 0.717) is 16.7 Å². The second kappa shape index (κ2) is 6.80. The van der Waals surface area contributed by atoms with Gasteiger partial charge in [0.1, 0.15) is 11.5 Å². The van der Waals surface area contributed by atoms with Crippen molar-refractivity contribution in [2.24, 2.45) is 0 Å². The number of hydrogen-bond donors (Lipinski definition) is 3. The predicted molar refractivity (Wildman–Crippen MR) is 107 cm³/mol. The number of urea groups is 1. The Hall–Kier alpha value is -4.41. The first kappa shape index (κ1) is 19.5. The molecule has 1 atom stereocenters. The molecule has 1 saturated heterocycles. The topological polar surface area (TPSA) is 151 Å². The number of carboxylic acids is 1. The number of aromatic nitrogens is 1. The number of imide groups is 1. The van der Waals surface area contributed by atoms with Crippen LogP contribution in [0.15, 0.2) is 40.9 Å². The van der Waals surface area contributed by atoms with Gasteiger partial charge < -0.3 is 24.5 Å². The van der Waals surface area contributed by atoms with Gasteiger partial charge in [-0.3, -0.25) is 14.9 Å². The van der Waals surface area contributed by atoms with Crippen molar-refractivity contribution in [1.29, 1.82) is 0 Å². The van der Waals surface area contributed by atoms with Crippen molar-refractivity contribution in [2.75, 3.05) is 13.7 Å². The Kier molecular flexibility index (Phi) is 4.16. The highest BCUT2D eigenvalue weighted by Gasteiger charge is 2.53. The zero-order valence-electron chi connectivity index (χ0n) is 16.7. The maximum absolute atomic E-state index is 13.0. The number of methoxy groups -OCH3 is 1. The average molecular weight is 436 g/mol. The van der Waals surface area contributed by atoms with Crippen molar-refractivity contribution in [2.45, 2.75) is 12.1 Å². The van der Waals surface area contributed by atoms with Crippen molar-refractivity contribution >= 4 is 34.9 Å². The summed E-state index contributed by atoms with van der Waals surface area (Å²) in [5, 5.41) is 14.3. The Labute approximate surface area is 180 Å². The van der Waals surface area contributed by atoms with Crippen molar-refractivity contribution in [1.82, 2.24) is 20.5 Å². The number of hydrogen-bond acceptors (Lipinski definition) is 7. The minimum absolute atomic E-state index is 0.0345. The second-order valence-electron chi connectivity index (χ2n) is 7.53. The van der Waals surface area contributed by atoms with Crippen molar-refractivity contribution in [3.05, 3.63) is 59.0 Å². The van der Waals surface area contributed by atoms with Gasteiger partial charge in [0.25, 0.3) is 11.8 Å². The van der Waals surface area contributed by atoms with Gasteiger partial charge in [-0.2, -0.15) is 0 Å². The number of carbonyl (C=O) groups is 4. The van der Waals surface area contributed by atoms with E-state index in [0.717, 1.165) is 11.8 Å². The molecule has 0 unspecified atom stereocenters. The quantitative estimate of drug-likeness (QED) is 0.505. The first-order chi connectivity index (χ1) is 15.3. The zero-order chi connectivity index (χ0) is 22.6. The summed E-state index contributed by atoms with van der Waals surface area (Å²) in [5.41, 5.74) is -0.463. The smallest absolute Gasteiger partial charge is 0.337 e. The number of rotatable bonds is 5. The molecule has 2 aromatic heterocycles. The van der Waals surface area contributed by atoms with E-state index in [-0.39, 0.29) is 36.0 Å². The number of aromatic carboxylic acids is 1. The number of carboxylic acid groups (broad SMARTS) is 1. The highest BCUT2D eigenvalue weighted by molar-refractivity contribution is 6.08. The molecule has 11 heteroatoms. The molecule has 162 valence electrons. The second-order valence-corrected chi connectivity index (χ2v) is 7.53. The summed E-state index contributed by atoms with van der Waals surface area (Å²) in [6, 6.07) is 7.18. The molecule has 1 aromatic carbocycles. The monoisotopic (exact) mass is 436 g/mol. The number of amides is 4. The third kappa shape index (κ3) is 2.86. The summed E-state index contributed by atoms with van der Waals surface area (Å²) in [7, 11) is 1.50. The molecule has 0 radical (unpaired) electrons. The number of pyridine rings is 1. The van der Waals surface area contributed by atoms with Gasteiger partial charge in [0.15, 0.2) is 5.54 Å². The van der Waals surface area contributed by atoms with Gasteiger partial charge in [-0.15, -0.1) is 0 Å². The van der Waals surface area contributed by atoms with E-state index in [1.807, 2.05) is 0 Å². The Morgan fingerprint density at radius 1 is 1.28 bits per heavy atom. The van der Waals surface area contributed by atoms with Crippen LogP contribution in [-0.4, -0.2) is 52.5 Å². The van der Waals surface area contributed by atoms with Crippen LogP contribution in [0.4, 0.5) is 4.79 Å². The van der Waals surface area contributed by atoms with Crippen LogP contribution in [0.2, 0.25) is 0 Å². The Bertz CT molecular complexity index is 1330. The van der Waals surface area contributed by atoms with Gasteiger partial charge in [0.2, 0.25) is 5.71 Å². The van der Waals surface area contributed by atoms with Crippen LogP contribution in [-0.2, 0) is 16.9 Å². The third-order valence-electron chi connectivity index (χ3n) is 5.61. The van der Waals surface area contributed by atoms with Crippen LogP contribution in [0, 0.1) is 0 Å². The molecular formula is C21H16N4O7. The van der Waals surface area contributed by atoms with E-state index in [4.69, 9.17) is 9.15 Å². The Morgan fingerprint density at radius 3 is 2.78 bits per heavy atom. The lowest BCUT2D eigenvalue weighted by Crippen LogP contribution is -2.52. The third-order valence-corrected chi connectivity index (χ3v) is 5.61. The predicted octanol–water partition coefficient (Wildman–Crippen LogP) is 1.23. The van der Waals surface area contributed by atoms with Crippen LogP contribution < -0.4 is 15.4 Å². The fraction of sp³-hybridized carbons (Fsp3) is 0.190. The first-order valence-electron chi connectivity index (χ1n) is 9.54. The van der Waals surface area contributed by atoms with E-state index < -0.39 is 23.4 Å². The van der Waals surface area contributed by atoms with Crippen LogP contribution in [0.25, 0.3) is 11.1 Å². The van der Waals surface area contributed by atoms with Gasteiger partial charge in [-0.1, -0.05) is 6.07 Å². The SMILES string of the molecule is COc1ccc2c(c1)C(=O)N(C[C@@]1(c3cc4cc(C(=O)O)cnc4o3)NC(=O)NC1=O)C2. The number of ether oxygens (including phenoxy) is 1. The molecule has 5 rings (SSSR count). The van der Waals surface area contributed by atoms with Gasteiger partial charge in [-0.25, -0.2) is 14.6 Å². The van der Waals surface area contributed by atoms with E-state index in [2.05, 4.69) is 15.6 Å². The minimum atomic E-state index is -1.71. The van der Waals surface area contributed by atoms with Crippen molar-refractivity contribution in [3.63, 3.8) is 0 Å². The lowest BCUT2D eigenvalue weighted by molar-refractivity contribution is -0.125. The van der Waals surface area contributed by atoms with Gasteiger partial charge in [-0.05, 0) is 29.8 Å². The summed E-state index contributed by atoms with van der Waals surface area (Å²) >= 11 is 0. The van der Waals surface area contributed by atoms with E-state index in [1.165, 1.54) is 24.1 Å². The number of nitrogens with zero attached hydrogens (tertiary/aromatic N) is 2. The summed E-state index contributed by atoms with van der Waals surface area (Å²) in [6.07, 6.45) is 1.13. The standard InChI is InChI=1S/C21H16N4O7/c1-31-13-3-2-10-8-25(17(26)14(10)6-13)9-21(19(29)23-20(30)24-21)15-5-11-4-12(18(27)28)7-22-16(11)32-15/h2-7H,8-9H2,1H3,(H,27,28)(H2,23,24,29,30)/t21-/m0/s1. The number of benzene rings is 1. The fourth-order valence-corrected chi connectivity index (χ4v) is 4.00. The van der Waals surface area contributed by atoms with Gasteiger partial charge in [0, 0.05) is 23.7 Å². The molecule has 0 saturated carbocycles. The molecule has 4 amide bonds. The van der Waals surface area contributed by atoms with E-state index >= 15 is 0 Å². The lowest BCUT2D eigenvalue weighted by Gasteiger charge is -2.28. The van der Waals surface area contributed by atoms with Crippen LogP contribution in [0.1, 0.15) is 32.0 Å². The molecular weight excluding hydrogens is 420 g/mol. The summed E-state index contributed by atoms with van der Waals surface area (Å²) in [5.74, 6) is -1.62. The number of nitrogens with one attached hydrogen (secondary N) is 2. The molecule has 3 aromatic rings. The highest BCUT2D eigenvalue weighted by Crippen LogP contribution is 2.34. The maximum Gasteiger partial charge on any atom is 0.337 e. The zero-order valence-corrected chi connectivity index (χ0v) is 16.7. The molecule has 32 heavy (non-hydrogen) atoms. The molecule has 0 aliphatic carbocycles. The van der Waals surface area contributed by atoms with Crippen molar-refractivity contribution < 1.29 is 33.4 Å². The Balaban J connectivity index is 1.55. The number of carbonyl (C=O) groups excluding carboxylic acids is 3. The van der Waals surface area contributed by atoms with Crippen molar-refractivity contribution in [3.8, 4) is 5.75 Å².